The van der Waals surface area contributed by atoms with Crippen molar-refractivity contribution in [3.8, 4) is 0 Å². The van der Waals surface area contributed by atoms with Crippen molar-refractivity contribution in [2.75, 3.05) is 0 Å². The van der Waals surface area contributed by atoms with E-state index < -0.39 is 18.4 Å². The molecule has 0 fully saturated rings. The highest BCUT2D eigenvalue weighted by atomic mass is 79.9. The van der Waals surface area contributed by atoms with Crippen molar-refractivity contribution in [2.45, 2.75) is 12.6 Å². The smallest absolute Gasteiger partial charge is 0.289 e. The number of thiophene rings is 1. The van der Waals surface area contributed by atoms with E-state index in [-0.39, 0.29) is 0 Å². The molecule has 0 unspecified atom stereocenters. The Balaban J connectivity index is 2.71. The molecule has 1 nitrogen and oxygen atoms in total. The third-order valence-electron chi connectivity index (χ3n) is 1.33. The van der Waals surface area contributed by atoms with Crippen LogP contribution in [-0.2, 0) is 11.2 Å². The Kier molecular flexibility index (Phi) is 3.13. The van der Waals surface area contributed by atoms with Crippen LogP contribution in [0.15, 0.2) is 15.9 Å². The lowest BCUT2D eigenvalue weighted by molar-refractivity contribution is -0.170. The van der Waals surface area contributed by atoms with E-state index in [9.17, 15) is 18.0 Å². The minimum Gasteiger partial charge on any atom is -0.289 e. The Morgan fingerprint density at radius 3 is 2.54 bits per heavy atom. The highest BCUT2D eigenvalue weighted by molar-refractivity contribution is 9.10. The van der Waals surface area contributed by atoms with Gasteiger partial charge in [-0.25, -0.2) is 0 Å². The summed E-state index contributed by atoms with van der Waals surface area (Å²) < 4.78 is 36.0. The van der Waals surface area contributed by atoms with Gasteiger partial charge in [0.05, 0.1) is 6.42 Å². The third-order valence-corrected chi connectivity index (χ3v) is 3.25. The lowest BCUT2D eigenvalue weighted by Crippen LogP contribution is -2.24. The average molecular weight is 273 g/mol. The highest BCUT2D eigenvalue weighted by Gasteiger charge is 2.38. The van der Waals surface area contributed by atoms with Gasteiger partial charge in [-0.2, -0.15) is 13.2 Å². The van der Waals surface area contributed by atoms with Crippen LogP contribution in [0.1, 0.15) is 4.88 Å². The van der Waals surface area contributed by atoms with Crippen LogP contribution in [0.4, 0.5) is 13.2 Å². The second kappa shape index (κ2) is 3.79. The van der Waals surface area contributed by atoms with Crippen LogP contribution in [0.5, 0.6) is 0 Å². The van der Waals surface area contributed by atoms with Crippen LogP contribution in [0, 0.1) is 0 Å². The number of hydrogen-bond donors (Lipinski definition) is 0. The first-order valence-electron chi connectivity index (χ1n) is 3.23. The molecular formula is C7H4BrF3OS. The molecule has 0 bridgehead atoms. The molecule has 72 valence electrons. The molecule has 0 aliphatic rings. The molecule has 0 radical (unpaired) electrons. The summed E-state index contributed by atoms with van der Waals surface area (Å²) in [4.78, 5) is 10.9. The Hall–Kier alpha value is -0.360. The number of halogens is 4. The van der Waals surface area contributed by atoms with Gasteiger partial charge < -0.3 is 0 Å². The summed E-state index contributed by atoms with van der Waals surface area (Å²) in [5.74, 6) is -1.71. The summed E-state index contributed by atoms with van der Waals surface area (Å²) in [5.41, 5.74) is 0. The van der Waals surface area contributed by atoms with E-state index in [1.54, 1.807) is 11.4 Å². The van der Waals surface area contributed by atoms with Crippen molar-refractivity contribution in [2.24, 2.45) is 0 Å². The first kappa shape index (κ1) is 10.7. The van der Waals surface area contributed by atoms with E-state index in [0.717, 1.165) is 11.3 Å². The van der Waals surface area contributed by atoms with Crippen LogP contribution in [0.3, 0.4) is 0 Å². The molecule has 0 saturated heterocycles. The van der Waals surface area contributed by atoms with Crippen molar-refractivity contribution in [3.63, 3.8) is 0 Å². The van der Waals surface area contributed by atoms with Gasteiger partial charge in [0.1, 0.15) is 0 Å². The van der Waals surface area contributed by atoms with Gasteiger partial charge in [0.25, 0.3) is 0 Å². The maximum atomic E-state index is 11.8. The van der Waals surface area contributed by atoms with E-state index in [1.807, 2.05) is 0 Å². The summed E-state index contributed by atoms with van der Waals surface area (Å²) >= 11 is 4.18. The summed E-state index contributed by atoms with van der Waals surface area (Å²) in [6.07, 6.45) is -5.31. The fourth-order valence-corrected chi connectivity index (χ4v) is 2.19. The number of alkyl halides is 3. The molecule has 1 rings (SSSR count). The van der Waals surface area contributed by atoms with Crippen molar-refractivity contribution < 1.29 is 18.0 Å². The largest absolute Gasteiger partial charge is 0.450 e. The lowest BCUT2D eigenvalue weighted by atomic mass is 10.2. The monoisotopic (exact) mass is 272 g/mol. The maximum Gasteiger partial charge on any atom is 0.450 e. The molecule has 0 aliphatic heterocycles. The van der Waals surface area contributed by atoms with Crippen molar-refractivity contribution >= 4 is 33.0 Å². The van der Waals surface area contributed by atoms with Crippen LogP contribution in [0.25, 0.3) is 0 Å². The Morgan fingerprint density at radius 1 is 1.54 bits per heavy atom. The highest BCUT2D eigenvalue weighted by Crippen LogP contribution is 2.26. The zero-order valence-corrected chi connectivity index (χ0v) is 8.59. The molecular weight excluding hydrogens is 269 g/mol. The minimum atomic E-state index is -4.73. The molecule has 0 saturated carbocycles. The summed E-state index contributed by atoms with van der Waals surface area (Å²) in [5, 5.41) is 1.63. The number of ketones is 1. The predicted octanol–water partition coefficient (Wildman–Crippen LogP) is 3.18. The molecule has 0 N–H and O–H groups in total. The zero-order valence-electron chi connectivity index (χ0n) is 6.19. The molecule has 0 spiro atoms. The molecule has 1 aromatic rings. The second-order valence-electron chi connectivity index (χ2n) is 2.29. The molecule has 1 aromatic heterocycles. The summed E-state index contributed by atoms with van der Waals surface area (Å²) in [7, 11) is 0. The summed E-state index contributed by atoms with van der Waals surface area (Å²) in [6, 6.07) is 1.61. The van der Waals surface area contributed by atoms with Crippen LogP contribution in [0.2, 0.25) is 0 Å². The van der Waals surface area contributed by atoms with Gasteiger partial charge >= 0.3 is 6.18 Å². The van der Waals surface area contributed by atoms with Gasteiger partial charge in [-0.15, -0.1) is 11.3 Å². The van der Waals surface area contributed by atoms with Crippen molar-refractivity contribution in [1.29, 1.82) is 0 Å². The maximum absolute atomic E-state index is 11.8. The Morgan fingerprint density at radius 2 is 2.15 bits per heavy atom. The average Bonchev–Trinajstić information content (AvgIpc) is 2.34. The van der Waals surface area contributed by atoms with Gasteiger partial charge in [-0.05, 0) is 27.4 Å². The molecule has 0 atom stereocenters. The molecule has 6 heteroatoms. The van der Waals surface area contributed by atoms with Gasteiger partial charge in [0.2, 0.25) is 5.78 Å². The quantitative estimate of drug-likeness (QED) is 0.808. The molecule has 0 amide bonds. The number of rotatable bonds is 2. The molecule has 0 aliphatic carbocycles. The number of Topliss-reactive ketones (excluding diaryl/α,β-unsaturated/α-hetero) is 1. The lowest BCUT2D eigenvalue weighted by Gasteiger charge is -2.03. The van der Waals surface area contributed by atoms with E-state index >= 15 is 0 Å². The fraction of sp³-hybridized carbons (Fsp3) is 0.286. The topological polar surface area (TPSA) is 17.1 Å². The van der Waals surface area contributed by atoms with Gasteiger partial charge in [-0.1, -0.05) is 0 Å². The first-order chi connectivity index (χ1) is 5.91. The molecule has 1 heterocycles. The van der Waals surface area contributed by atoms with E-state index in [1.165, 1.54) is 0 Å². The van der Waals surface area contributed by atoms with Gasteiger partial charge in [0, 0.05) is 9.35 Å². The number of carbonyl (C=O) groups is 1. The SMILES string of the molecule is O=C(Cc1sccc1Br)C(F)(F)F. The normalized spacial score (nSPS) is 11.7. The van der Waals surface area contributed by atoms with E-state index in [0.29, 0.717) is 9.35 Å². The van der Waals surface area contributed by atoms with Gasteiger partial charge in [-0.3, -0.25) is 4.79 Å². The van der Waals surface area contributed by atoms with Crippen molar-refractivity contribution in [1.82, 2.24) is 0 Å². The Bertz CT molecular complexity index is 318. The summed E-state index contributed by atoms with van der Waals surface area (Å²) in [6.45, 7) is 0. The zero-order chi connectivity index (χ0) is 10.1. The van der Waals surface area contributed by atoms with E-state index in [2.05, 4.69) is 15.9 Å². The molecule has 13 heavy (non-hydrogen) atoms. The standard InChI is InChI=1S/C7H4BrF3OS/c8-4-1-2-13-5(4)3-6(12)7(9,10)11/h1-2H,3H2. The van der Waals surface area contributed by atoms with Crippen molar-refractivity contribution in [3.05, 3.63) is 20.8 Å². The predicted molar refractivity (Wildman–Crippen MR) is 46.8 cm³/mol. The third kappa shape index (κ3) is 2.80. The molecule has 0 aromatic carbocycles. The van der Waals surface area contributed by atoms with E-state index in [4.69, 9.17) is 0 Å². The van der Waals surface area contributed by atoms with Crippen LogP contribution < -0.4 is 0 Å². The Labute approximate surface area is 84.7 Å². The van der Waals surface area contributed by atoms with Crippen LogP contribution >= 0.6 is 27.3 Å². The van der Waals surface area contributed by atoms with Gasteiger partial charge in [0.15, 0.2) is 0 Å². The van der Waals surface area contributed by atoms with Crippen LogP contribution in [-0.4, -0.2) is 12.0 Å². The number of carbonyl (C=O) groups excluding carboxylic acids is 1. The first-order valence-corrected chi connectivity index (χ1v) is 4.90. The number of hydrogen-bond acceptors (Lipinski definition) is 2. The fourth-order valence-electron chi connectivity index (χ4n) is 0.697. The minimum absolute atomic E-state index is 0.405. The second-order valence-corrected chi connectivity index (χ2v) is 4.14.